The number of nitrogens with zero attached hydrogens (tertiary/aromatic N) is 5. The molecule has 3 heterocycles. The van der Waals surface area contributed by atoms with E-state index in [0.717, 1.165) is 16.8 Å². The fourth-order valence-electron chi connectivity index (χ4n) is 4.34. The van der Waals surface area contributed by atoms with Gasteiger partial charge in [0.1, 0.15) is 5.75 Å². The monoisotopic (exact) mass is 501 g/mol. The number of aryl methyl sites for hydroxylation is 3. The largest absolute Gasteiger partial charge is 0.573 e. The Balaban J connectivity index is 1.70. The number of carbonyl (C=O) groups excluding carboxylic acids is 1. The lowest BCUT2D eigenvalue weighted by Crippen LogP contribution is -2.39. The van der Waals surface area contributed by atoms with E-state index in [1.807, 2.05) is 0 Å². The summed E-state index contributed by atoms with van der Waals surface area (Å²) in [5.74, 6) is -1.27. The second-order valence-electron chi connectivity index (χ2n) is 8.34. The molecule has 0 bridgehead atoms. The smallest absolute Gasteiger partial charge is 0.405 e. The molecule has 4 rings (SSSR count). The van der Waals surface area contributed by atoms with Gasteiger partial charge >= 0.3 is 12.5 Å². The van der Waals surface area contributed by atoms with Crippen LogP contribution in [0, 0.1) is 6.92 Å². The molecule has 1 aliphatic heterocycles. The minimum Gasteiger partial charge on any atom is -0.405 e. The molecule has 0 saturated heterocycles. The highest BCUT2D eigenvalue weighted by atomic mass is 19.4. The zero-order valence-electron chi connectivity index (χ0n) is 19.1. The van der Waals surface area contributed by atoms with Gasteiger partial charge in [-0.3, -0.25) is 14.2 Å². The molecule has 1 aliphatic rings. The maximum absolute atomic E-state index is 13.3. The standard InChI is InChI=1S/C22H21F6N5O2/c1-11-5-6-13(16(9-11)35-22(26,27)28)20(34)33-8-7-14-18(12(33)2)30-32(4)19(14)15-10-17(21(23,24)25)29-31(15)3/h5-6,9-10,12H,7-8H2,1-4H3/t12-/m0/s1. The number of carbonyl (C=O) groups is 1. The molecule has 0 saturated carbocycles. The Morgan fingerprint density at radius 1 is 1.06 bits per heavy atom. The van der Waals surface area contributed by atoms with E-state index < -0.39 is 35.9 Å². The third-order valence-corrected chi connectivity index (χ3v) is 5.91. The second kappa shape index (κ2) is 8.31. The summed E-state index contributed by atoms with van der Waals surface area (Å²) < 4.78 is 84.9. The highest BCUT2D eigenvalue weighted by Gasteiger charge is 2.39. The minimum atomic E-state index is -4.97. The Morgan fingerprint density at radius 3 is 2.34 bits per heavy atom. The summed E-state index contributed by atoms with van der Waals surface area (Å²) in [5, 5.41) is 7.99. The molecule has 2 aromatic heterocycles. The molecule has 1 aromatic carbocycles. The summed E-state index contributed by atoms with van der Waals surface area (Å²) >= 11 is 0. The van der Waals surface area contributed by atoms with Crippen LogP contribution in [0.5, 0.6) is 5.75 Å². The highest BCUT2D eigenvalue weighted by molar-refractivity contribution is 5.97. The number of alkyl halides is 6. The van der Waals surface area contributed by atoms with Crippen LogP contribution >= 0.6 is 0 Å². The molecule has 35 heavy (non-hydrogen) atoms. The van der Waals surface area contributed by atoms with E-state index in [-0.39, 0.29) is 24.2 Å². The fourth-order valence-corrected chi connectivity index (χ4v) is 4.34. The van der Waals surface area contributed by atoms with Crippen LogP contribution in [0.1, 0.15) is 45.8 Å². The number of fused-ring (bicyclic) bond motifs is 1. The Morgan fingerprint density at radius 2 is 1.74 bits per heavy atom. The van der Waals surface area contributed by atoms with Gasteiger partial charge in [0.15, 0.2) is 5.69 Å². The van der Waals surface area contributed by atoms with Gasteiger partial charge in [-0.25, -0.2) is 0 Å². The van der Waals surface area contributed by atoms with Gasteiger partial charge in [0, 0.05) is 26.2 Å². The van der Waals surface area contributed by atoms with Crippen LogP contribution in [0.2, 0.25) is 0 Å². The molecular formula is C22H21F6N5O2. The van der Waals surface area contributed by atoms with E-state index in [2.05, 4.69) is 14.9 Å². The van der Waals surface area contributed by atoms with Crippen LogP contribution in [0.4, 0.5) is 26.3 Å². The van der Waals surface area contributed by atoms with E-state index in [1.54, 1.807) is 20.9 Å². The number of benzene rings is 1. The topological polar surface area (TPSA) is 65.2 Å². The van der Waals surface area contributed by atoms with Gasteiger partial charge in [-0.1, -0.05) is 6.07 Å². The first-order valence-corrected chi connectivity index (χ1v) is 10.5. The predicted molar refractivity (Wildman–Crippen MR) is 111 cm³/mol. The average molecular weight is 501 g/mol. The Kier molecular flexibility index (Phi) is 5.84. The molecule has 0 aliphatic carbocycles. The van der Waals surface area contributed by atoms with E-state index in [4.69, 9.17) is 0 Å². The van der Waals surface area contributed by atoms with E-state index in [0.29, 0.717) is 22.5 Å². The van der Waals surface area contributed by atoms with Gasteiger partial charge in [-0.05, 0) is 44.0 Å². The quantitative estimate of drug-likeness (QED) is 0.484. The predicted octanol–water partition coefficient (Wildman–Crippen LogP) is 4.81. The molecule has 1 amide bonds. The van der Waals surface area contributed by atoms with Gasteiger partial charge in [0.2, 0.25) is 0 Å². The van der Waals surface area contributed by atoms with Gasteiger partial charge in [0.25, 0.3) is 5.91 Å². The van der Waals surface area contributed by atoms with Crippen molar-refractivity contribution in [2.45, 2.75) is 38.8 Å². The van der Waals surface area contributed by atoms with E-state index >= 15 is 0 Å². The summed E-state index contributed by atoms with van der Waals surface area (Å²) in [6, 6.07) is 4.21. The summed E-state index contributed by atoms with van der Waals surface area (Å²) in [6.45, 7) is 3.36. The number of halogens is 6. The van der Waals surface area contributed by atoms with Crippen molar-refractivity contribution in [3.8, 4) is 17.1 Å². The third-order valence-electron chi connectivity index (χ3n) is 5.91. The number of ether oxygens (including phenoxy) is 1. The summed E-state index contributed by atoms with van der Waals surface area (Å²) in [6.07, 6.45) is -9.35. The van der Waals surface area contributed by atoms with Crippen LogP contribution in [0.15, 0.2) is 24.3 Å². The van der Waals surface area contributed by atoms with Crippen molar-refractivity contribution in [1.29, 1.82) is 0 Å². The molecule has 0 unspecified atom stereocenters. The molecule has 0 spiro atoms. The van der Waals surface area contributed by atoms with Gasteiger partial charge < -0.3 is 9.64 Å². The van der Waals surface area contributed by atoms with E-state index in [9.17, 15) is 31.1 Å². The van der Waals surface area contributed by atoms with Gasteiger partial charge in [0.05, 0.1) is 28.7 Å². The SMILES string of the molecule is Cc1ccc(C(=O)N2CCc3c(nn(C)c3-c3cc(C(F)(F)F)nn3C)[C@@H]2C)c(OC(F)(F)F)c1. The Hall–Kier alpha value is -3.51. The summed E-state index contributed by atoms with van der Waals surface area (Å²) in [7, 11) is 2.97. The lowest BCUT2D eigenvalue weighted by atomic mass is 9.96. The first-order chi connectivity index (χ1) is 16.2. The maximum atomic E-state index is 13.3. The first-order valence-electron chi connectivity index (χ1n) is 10.5. The Labute approximate surface area is 195 Å². The number of aromatic nitrogens is 4. The Bertz CT molecular complexity index is 1290. The van der Waals surface area contributed by atoms with Crippen LogP contribution in [-0.4, -0.2) is 43.3 Å². The van der Waals surface area contributed by atoms with Gasteiger partial charge in [-0.2, -0.15) is 23.4 Å². The lowest BCUT2D eigenvalue weighted by Gasteiger charge is -2.33. The van der Waals surface area contributed by atoms with Crippen molar-refractivity contribution in [1.82, 2.24) is 24.5 Å². The number of hydrogen-bond donors (Lipinski definition) is 0. The summed E-state index contributed by atoms with van der Waals surface area (Å²) in [5.41, 5.74) is 0.932. The molecule has 1 atom stereocenters. The summed E-state index contributed by atoms with van der Waals surface area (Å²) in [4.78, 5) is 14.6. The molecule has 13 heteroatoms. The third kappa shape index (κ3) is 4.58. The molecule has 0 radical (unpaired) electrons. The molecular weight excluding hydrogens is 480 g/mol. The fraction of sp³-hybridized carbons (Fsp3) is 0.409. The van der Waals surface area contributed by atoms with Crippen molar-refractivity contribution in [2.24, 2.45) is 14.1 Å². The van der Waals surface area contributed by atoms with E-state index in [1.165, 1.54) is 28.8 Å². The van der Waals surface area contributed by atoms with Gasteiger partial charge in [-0.15, -0.1) is 13.2 Å². The molecule has 3 aromatic rings. The number of rotatable bonds is 3. The molecule has 188 valence electrons. The second-order valence-corrected chi connectivity index (χ2v) is 8.34. The molecule has 0 fully saturated rings. The van der Waals surface area contributed by atoms with Crippen LogP contribution in [-0.2, 0) is 26.7 Å². The minimum absolute atomic E-state index is 0.120. The number of hydrogen-bond acceptors (Lipinski definition) is 4. The van der Waals surface area contributed by atoms with Crippen LogP contribution < -0.4 is 4.74 Å². The highest BCUT2D eigenvalue weighted by Crippen LogP contribution is 2.39. The zero-order valence-corrected chi connectivity index (χ0v) is 19.1. The maximum Gasteiger partial charge on any atom is 0.573 e. The van der Waals surface area contributed by atoms with Crippen molar-refractivity contribution in [3.63, 3.8) is 0 Å². The molecule has 7 nitrogen and oxygen atoms in total. The first kappa shape index (κ1) is 24.6. The van der Waals surface area contributed by atoms with Crippen LogP contribution in [0.3, 0.4) is 0 Å². The normalized spacial score (nSPS) is 16.4. The van der Waals surface area contributed by atoms with Crippen molar-refractivity contribution < 1.29 is 35.9 Å². The van der Waals surface area contributed by atoms with Crippen molar-refractivity contribution in [3.05, 3.63) is 52.3 Å². The van der Waals surface area contributed by atoms with Crippen molar-refractivity contribution >= 4 is 5.91 Å². The zero-order chi connectivity index (χ0) is 25.9. The lowest BCUT2D eigenvalue weighted by molar-refractivity contribution is -0.274. The van der Waals surface area contributed by atoms with Crippen LogP contribution in [0.25, 0.3) is 11.4 Å². The molecule has 0 N–H and O–H groups in total. The van der Waals surface area contributed by atoms with Crippen molar-refractivity contribution in [2.75, 3.05) is 6.54 Å². The average Bonchev–Trinajstić information content (AvgIpc) is 3.26. The number of amides is 1.